The zero-order valence-corrected chi connectivity index (χ0v) is 71.3. The Morgan fingerprint density at radius 2 is 1.19 bits per heavy atom. The van der Waals surface area contributed by atoms with Crippen molar-refractivity contribution in [2.75, 3.05) is 88.2 Å². The van der Waals surface area contributed by atoms with Gasteiger partial charge < -0.3 is 48.1 Å². The molecule has 2 N–H and O–H groups in total. The molecule has 0 saturated heterocycles. The van der Waals surface area contributed by atoms with Gasteiger partial charge in [0.25, 0.3) is 16.0 Å². The third kappa shape index (κ3) is 23.9. The normalized spacial score (nSPS) is 15.2. The predicted octanol–water partition coefficient (Wildman–Crippen LogP) is 13.6. The fourth-order valence-electron chi connectivity index (χ4n) is 14.0. The molecular formula is C84H97N9O13S2Zn2+4. The molecular weight excluding hydrogens is 1540 g/mol. The number of nitrogens with zero attached hydrogens (tertiary/aromatic N) is 8. The van der Waals surface area contributed by atoms with Crippen LogP contribution in [0.3, 0.4) is 0 Å². The van der Waals surface area contributed by atoms with Crippen LogP contribution in [0, 0.1) is 0 Å². The second-order valence-corrected chi connectivity index (χ2v) is 31.1. The number of ether oxygens (including phenoxy) is 6. The Morgan fingerprint density at radius 1 is 0.609 bits per heavy atom. The van der Waals surface area contributed by atoms with Gasteiger partial charge in [0.05, 0.1) is 97.8 Å². The van der Waals surface area contributed by atoms with Crippen molar-refractivity contribution in [1.82, 2.24) is 30.2 Å². The molecule has 26 heteroatoms. The van der Waals surface area contributed by atoms with E-state index in [1.54, 1.807) is 38.5 Å². The number of hydrogen-bond donors (Lipinski definition) is 2. The Bertz CT molecular complexity index is 4690. The summed E-state index contributed by atoms with van der Waals surface area (Å²) in [7, 11) is -5.26. The Labute approximate surface area is 672 Å². The van der Waals surface area contributed by atoms with E-state index in [0.29, 0.717) is 126 Å². The van der Waals surface area contributed by atoms with Gasteiger partial charge in [0, 0.05) is 122 Å². The summed E-state index contributed by atoms with van der Waals surface area (Å²) >= 11 is 0. The molecule has 0 fully saturated rings. The average Bonchev–Trinajstić information content (AvgIpc) is 1.60. The molecule has 110 heavy (non-hydrogen) atoms. The summed E-state index contributed by atoms with van der Waals surface area (Å²) in [6, 6.07) is 49.1. The predicted molar refractivity (Wildman–Crippen MR) is 418 cm³/mol. The van der Waals surface area contributed by atoms with Crippen molar-refractivity contribution in [3.8, 4) is 23.0 Å². The summed E-state index contributed by atoms with van der Waals surface area (Å²) in [5.41, 5.74) is 13.0. The summed E-state index contributed by atoms with van der Waals surface area (Å²) < 4.78 is 107. The molecule has 11 rings (SSSR count). The third-order valence-electron chi connectivity index (χ3n) is 19.5. The standard InChI is InChI=1S/C84H97N9O13S2.2Zn/c1-83(2)75-55-72(101-5)32-34-77(75)92(43-15-17-50-107(95,96)97)79(83)36-28-63-20-19-21-64(29-37-80-84(3,4)76-56-73(102-6)33-35-78(76)93(80)44-16-18-51-108(98,99)100)81(63)106-71-30-26-65(27-31-71)82(94)89-42-45-103-46-47-104-48-49-105-74-53-62(57-90(58-66-22-7-11-38-85-66)59-67-23-8-12-39-86-67)52-70(54-74)91(60-68-24-9-13-40-87-68)61-69-25-10-14-41-88-69;;/h7-14,22-41,52-56H,15-21,42-51,57-61H2,1-6H3,(H2-,89,94,95,96,97,98,99,100);;/q;2*+2. The first-order valence-electron chi connectivity index (χ1n) is 36.7. The van der Waals surface area contributed by atoms with Gasteiger partial charge in [-0.25, -0.2) is 8.42 Å². The van der Waals surface area contributed by atoms with Crippen molar-refractivity contribution in [2.24, 2.45) is 0 Å². The van der Waals surface area contributed by atoms with Crippen molar-refractivity contribution < 1.29 is 103 Å². The number of allylic oxidation sites excluding steroid dienone is 7. The van der Waals surface area contributed by atoms with Gasteiger partial charge in [0.15, 0.2) is 5.71 Å². The van der Waals surface area contributed by atoms with E-state index >= 15 is 0 Å². The summed E-state index contributed by atoms with van der Waals surface area (Å²) in [5, 5.41) is 2.98. The van der Waals surface area contributed by atoms with Crippen molar-refractivity contribution in [2.45, 2.75) is 116 Å². The number of anilines is 2. The topological polar surface area (TPSA) is 260 Å². The van der Waals surface area contributed by atoms with E-state index in [2.05, 4.69) is 115 Å². The first-order valence-corrected chi connectivity index (χ1v) is 39.9. The minimum atomic E-state index is -4.39. The van der Waals surface area contributed by atoms with Crippen molar-refractivity contribution in [1.29, 1.82) is 0 Å². The van der Waals surface area contributed by atoms with Crippen LogP contribution in [0.4, 0.5) is 17.1 Å². The first-order chi connectivity index (χ1) is 52.1. The summed E-state index contributed by atoms with van der Waals surface area (Å²) in [6.07, 6.45) is 19.3. The molecule has 0 unspecified atom stereocenters. The maximum Gasteiger partial charge on any atom is 2.00 e. The minimum absolute atomic E-state index is 0. The Balaban J connectivity index is 0.00000696. The molecule has 0 bridgehead atoms. The zero-order valence-electron chi connectivity index (χ0n) is 63.8. The molecule has 2 aliphatic heterocycles. The number of hydrogen-bond acceptors (Lipinski definition) is 19. The van der Waals surface area contributed by atoms with Crippen LogP contribution in [-0.4, -0.2) is 145 Å². The molecule has 4 aromatic heterocycles. The maximum absolute atomic E-state index is 13.7. The summed E-state index contributed by atoms with van der Waals surface area (Å²) in [6.45, 7) is 14.2. The van der Waals surface area contributed by atoms with Crippen LogP contribution < -0.4 is 34.1 Å². The van der Waals surface area contributed by atoms with E-state index in [9.17, 15) is 30.7 Å². The Morgan fingerprint density at radius 3 is 1.79 bits per heavy atom. The molecule has 0 spiro atoms. The number of carbonyl (C=O) groups excluding carboxylic acids is 1. The molecule has 8 aromatic rings. The first kappa shape index (κ1) is 85.3. The number of aromatic nitrogens is 4. The van der Waals surface area contributed by atoms with Crippen LogP contribution in [0.5, 0.6) is 23.0 Å². The van der Waals surface area contributed by atoms with Gasteiger partial charge in [-0.15, -0.1) is 0 Å². The molecule has 3 aliphatic rings. The zero-order chi connectivity index (χ0) is 76.1. The number of amides is 1. The van der Waals surface area contributed by atoms with E-state index in [1.165, 1.54) is 0 Å². The van der Waals surface area contributed by atoms with Gasteiger partial charge >= 0.3 is 39.0 Å². The van der Waals surface area contributed by atoms with Crippen LogP contribution in [0.25, 0.3) is 0 Å². The third-order valence-corrected chi connectivity index (χ3v) is 21.1. The van der Waals surface area contributed by atoms with Gasteiger partial charge in [0.1, 0.15) is 41.9 Å². The van der Waals surface area contributed by atoms with Gasteiger partial charge in [-0.3, -0.25) is 34.2 Å². The van der Waals surface area contributed by atoms with E-state index < -0.39 is 36.8 Å². The van der Waals surface area contributed by atoms with Crippen molar-refractivity contribution in [3.63, 3.8) is 0 Å². The van der Waals surface area contributed by atoms with E-state index in [-0.39, 0.29) is 83.2 Å². The Kier molecular flexibility index (Phi) is 31.4. The van der Waals surface area contributed by atoms with Gasteiger partial charge in [-0.1, -0.05) is 44.2 Å². The number of nitrogens with one attached hydrogen (secondary N) is 1. The molecule has 1 aliphatic carbocycles. The van der Waals surface area contributed by atoms with Crippen LogP contribution >= 0.6 is 0 Å². The number of carbonyl (C=O) groups is 1. The second-order valence-electron chi connectivity index (χ2n) is 28.0. The number of fused-ring (bicyclic) bond motifs is 2. The number of benzene rings is 4. The van der Waals surface area contributed by atoms with E-state index in [1.807, 2.05) is 134 Å². The molecule has 22 nitrogen and oxygen atoms in total. The summed E-state index contributed by atoms with van der Waals surface area (Å²) in [4.78, 5) is 39.1. The molecule has 1 amide bonds. The fraction of sp³-hybridized carbons (Fsp3) is 0.357. The molecule has 6 heterocycles. The van der Waals surface area contributed by atoms with E-state index in [4.69, 9.17) is 28.4 Å². The SMILES string of the molecule is COc1ccc2c(c1)C(C)(C)C(=CC=C1CCCC(C=CC3=[N+](CCCCS(=O)(=O)O)c4ccc(OC)cc4C3(C)C)=C1Oc1ccc(C(=O)NCCOCCOCCOc3cc(CN(Cc4ccccn4)Cc4ccccn4)cc(N(Cc4ccccn4)Cc4ccccn4)c3)cc1)N2CCCCS(=O)(=O)[O-].[Zn+2].[Zn+2]. The monoisotopic (exact) mass is 1630 g/mol. The molecule has 0 radical (unpaired) electrons. The van der Waals surface area contributed by atoms with Gasteiger partial charge in [0.2, 0.25) is 5.69 Å². The Hall–Kier alpha value is -8.67. The fourth-order valence-corrected chi connectivity index (χ4v) is 15.1. The maximum atomic E-state index is 13.7. The van der Waals surface area contributed by atoms with Crippen LogP contribution in [0.15, 0.2) is 223 Å². The van der Waals surface area contributed by atoms with Gasteiger partial charge in [-0.2, -0.15) is 13.0 Å². The number of methoxy groups -OCH3 is 2. The van der Waals surface area contributed by atoms with Crippen LogP contribution in [0.2, 0.25) is 0 Å². The molecule has 4 aromatic carbocycles. The van der Waals surface area contributed by atoms with Crippen LogP contribution in [-0.2, 0) is 112 Å². The number of unbranched alkanes of at least 4 members (excludes halogenated alkanes) is 2. The molecule has 0 atom stereocenters. The molecule has 0 saturated carbocycles. The summed E-state index contributed by atoms with van der Waals surface area (Å²) in [5.74, 6) is 2.22. The van der Waals surface area contributed by atoms with Crippen molar-refractivity contribution in [3.05, 3.63) is 268 Å². The average molecular weight is 1640 g/mol. The number of pyridine rings is 4. The van der Waals surface area contributed by atoms with Gasteiger partial charge in [-0.05, 0) is 202 Å². The van der Waals surface area contributed by atoms with Crippen LogP contribution in [0.1, 0.15) is 122 Å². The smallest absolute Gasteiger partial charge is 0.748 e. The quantitative estimate of drug-likeness (QED) is 0.0157. The van der Waals surface area contributed by atoms with E-state index in [0.717, 1.165) is 85.5 Å². The largest absolute Gasteiger partial charge is 2.00 e. The number of rotatable bonds is 39. The minimum Gasteiger partial charge on any atom is -0.748 e. The second kappa shape index (κ2) is 40.5. The molecule has 568 valence electrons. The van der Waals surface area contributed by atoms with Crippen molar-refractivity contribution >= 4 is 48.9 Å².